The van der Waals surface area contributed by atoms with Crippen molar-refractivity contribution in [2.45, 2.75) is 24.7 Å². The molecule has 1 saturated carbocycles. The van der Waals surface area contributed by atoms with Gasteiger partial charge in [-0.15, -0.1) is 0 Å². The molecule has 0 radical (unpaired) electrons. The second-order valence-electron chi connectivity index (χ2n) is 7.03. The molecule has 1 fully saturated rings. The van der Waals surface area contributed by atoms with Gasteiger partial charge in [-0.05, 0) is 42.2 Å². The van der Waals surface area contributed by atoms with Crippen LogP contribution < -0.4 is 5.32 Å². The minimum atomic E-state index is -0.281. The fourth-order valence-corrected chi connectivity index (χ4v) is 3.57. The summed E-state index contributed by atoms with van der Waals surface area (Å²) in [6.07, 6.45) is 4.67. The standard InChI is InChI=1S/C21H21FN2O/c1-24-13-18(17-4-2-3-5-19(17)24)21(10-11-21)14-23-20(25)12-15-6-8-16(22)9-7-15/h2-9,13H,10-12,14H2,1H3,(H,23,25). The van der Waals surface area contributed by atoms with Gasteiger partial charge in [-0.25, -0.2) is 4.39 Å². The van der Waals surface area contributed by atoms with Crippen LogP contribution in [0.25, 0.3) is 10.9 Å². The molecule has 1 N–H and O–H groups in total. The van der Waals surface area contributed by atoms with Gasteiger partial charge in [-0.3, -0.25) is 4.79 Å². The Morgan fingerprint density at radius 3 is 2.60 bits per heavy atom. The Kier molecular flexibility index (Phi) is 3.83. The number of halogens is 1. The molecule has 0 aliphatic heterocycles. The van der Waals surface area contributed by atoms with Crippen LogP contribution in [0.4, 0.5) is 4.39 Å². The first-order chi connectivity index (χ1) is 12.1. The van der Waals surface area contributed by atoms with Crippen LogP contribution in [0, 0.1) is 5.82 Å². The molecule has 0 saturated heterocycles. The maximum absolute atomic E-state index is 13.0. The van der Waals surface area contributed by atoms with Crippen molar-refractivity contribution in [3.63, 3.8) is 0 Å². The van der Waals surface area contributed by atoms with Gasteiger partial charge in [-0.1, -0.05) is 30.3 Å². The van der Waals surface area contributed by atoms with E-state index in [-0.39, 0.29) is 23.6 Å². The lowest BCUT2D eigenvalue weighted by molar-refractivity contribution is -0.120. The molecule has 3 nitrogen and oxygen atoms in total. The number of para-hydroxylation sites is 1. The summed E-state index contributed by atoms with van der Waals surface area (Å²) >= 11 is 0. The highest BCUT2D eigenvalue weighted by molar-refractivity contribution is 5.86. The van der Waals surface area contributed by atoms with E-state index in [1.54, 1.807) is 12.1 Å². The lowest BCUT2D eigenvalue weighted by Crippen LogP contribution is -2.33. The zero-order chi connectivity index (χ0) is 17.4. The van der Waals surface area contributed by atoms with E-state index in [0.29, 0.717) is 6.54 Å². The maximum atomic E-state index is 13.0. The molecule has 4 heteroatoms. The number of benzene rings is 2. The third-order valence-electron chi connectivity index (χ3n) is 5.22. The van der Waals surface area contributed by atoms with E-state index in [0.717, 1.165) is 18.4 Å². The van der Waals surface area contributed by atoms with Gasteiger partial charge in [0.1, 0.15) is 5.82 Å². The maximum Gasteiger partial charge on any atom is 0.224 e. The van der Waals surface area contributed by atoms with E-state index < -0.39 is 0 Å². The molecule has 128 valence electrons. The molecule has 1 aromatic heterocycles. The van der Waals surface area contributed by atoms with Crippen LogP contribution in [0.2, 0.25) is 0 Å². The fourth-order valence-electron chi connectivity index (χ4n) is 3.57. The van der Waals surface area contributed by atoms with Crippen LogP contribution in [0.15, 0.2) is 54.7 Å². The smallest absolute Gasteiger partial charge is 0.224 e. The predicted molar refractivity (Wildman–Crippen MR) is 96.9 cm³/mol. The number of carbonyl (C=O) groups is 1. The van der Waals surface area contributed by atoms with E-state index in [1.807, 2.05) is 0 Å². The van der Waals surface area contributed by atoms with Gasteiger partial charge in [0.05, 0.1) is 6.42 Å². The largest absolute Gasteiger partial charge is 0.355 e. The summed E-state index contributed by atoms with van der Waals surface area (Å²) in [7, 11) is 2.06. The summed E-state index contributed by atoms with van der Waals surface area (Å²) in [6.45, 7) is 0.654. The quantitative estimate of drug-likeness (QED) is 0.757. The Morgan fingerprint density at radius 1 is 1.16 bits per heavy atom. The molecule has 3 aromatic rings. The SMILES string of the molecule is Cn1cc(C2(CNC(=O)Cc3ccc(F)cc3)CC2)c2ccccc21. The molecular weight excluding hydrogens is 315 g/mol. The third-order valence-corrected chi connectivity index (χ3v) is 5.22. The Bertz CT molecular complexity index is 923. The van der Waals surface area contributed by atoms with Gasteiger partial charge in [0.15, 0.2) is 0 Å². The molecule has 4 rings (SSSR count). The van der Waals surface area contributed by atoms with Gasteiger partial charge in [-0.2, -0.15) is 0 Å². The molecule has 0 bridgehead atoms. The molecule has 0 spiro atoms. The number of amides is 1. The molecule has 0 unspecified atom stereocenters. The molecule has 1 amide bonds. The van der Waals surface area contributed by atoms with Gasteiger partial charge in [0.25, 0.3) is 0 Å². The topological polar surface area (TPSA) is 34.0 Å². The molecule has 0 atom stereocenters. The van der Waals surface area contributed by atoms with E-state index >= 15 is 0 Å². The van der Waals surface area contributed by atoms with Crippen molar-refractivity contribution in [2.75, 3.05) is 6.54 Å². The second-order valence-corrected chi connectivity index (χ2v) is 7.03. The van der Waals surface area contributed by atoms with Crippen LogP contribution in [0.3, 0.4) is 0 Å². The zero-order valence-corrected chi connectivity index (χ0v) is 14.3. The second kappa shape index (κ2) is 6.03. The number of hydrogen-bond donors (Lipinski definition) is 1. The van der Waals surface area contributed by atoms with Crippen molar-refractivity contribution in [3.05, 3.63) is 71.7 Å². The molecule has 1 aliphatic carbocycles. The van der Waals surface area contributed by atoms with Crippen molar-refractivity contribution in [1.29, 1.82) is 0 Å². The Labute approximate surface area is 146 Å². The van der Waals surface area contributed by atoms with Gasteiger partial charge in [0.2, 0.25) is 5.91 Å². The third kappa shape index (κ3) is 3.04. The first-order valence-corrected chi connectivity index (χ1v) is 8.63. The van der Waals surface area contributed by atoms with E-state index in [1.165, 1.54) is 28.6 Å². The number of nitrogens with zero attached hydrogens (tertiary/aromatic N) is 1. The molecule has 2 aromatic carbocycles. The van der Waals surface area contributed by atoms with Crippen molar-refractivity contribution in [2.24, 2.45) is 7.05 Å². The summed E-state index contributed by atoms with van der Waals surface area (Å²) in [5.74, 6) is -0.296. The minimum absolute atomic E-state index is 0.0156. The molecule has 25 heavy (non-hydrogen) atoms. The lowest BCUT2D eigenvalue weighted by Gasteiger charge is -2.16. The van der Waals surface area contributed by atoms with Gasteiger partial charge >= 0.3 is 0 Å². The van der Waals surface area contributed by atoms with Crippen LogP contribution >= 0.6 is 0 Å². The summed E-state index contributed by atoms with van der Waals surface area (Å²) < 4.78 is 15.1. The van der Waals surface area contributed by atoms with Crippen molar-refractivity contribution in [1.82, 2.24) is 9.88 Å². The lowest BCUT2D eigenvalue weighted by atomic mass is 9.95. The zero-order valence-electron chi connectivity index (χ0n) is 14.3. The van der Waals surface area contributed by atoms with Crippen LogP contribution in [-0.4, -0.2) is 17.0 Å². The van der Waals surface area contributed by atoms with E-state index in [4.69, 9.17) is 0 Å². The van der Waals surface area contributed by atoms with Crippen LogP contribution in [-0.2, 0) is 23.7 Å². The van der Waals surface area contributed by atoms with Crippen molar-refractivity contribution in [3.8, 4) is 0 Å². The average Bonchev–Trinajstić information content (AvgIpc) is 3.33. The number of rotatable bonds is 5. The first kappa shape index (κ1) is 15.9. The summed E-state index contributed by atoms with van der Waals surface area (Å²) in [4.78, 5) is 12.3. The number of aryl methyl sites for hydroxylation is 1. The summed E-state index contributed by atoms with van der Waals surface area (Å²) in [5.41, 5.74) is 3.43. The highest BCUT2D eigenvalue weighted by Gasteiger charge is 2.46. The van der Waals surface area contributed by atoms with Crippen molar-refractivity contribution < 1.29 is 9.18 Å². The van der Waals surface area contributed by atoms with Gasteiger partial charge in [0, 0.05) is 36.1 Å². The fraction of sp³-hybridized carbons (Fsp3) is 0.286. The predicted octanol–water partition coefficient (Wildman–Crippen LogP) is 3.71. The average molecular weight is 336 g/mol. The van der Waals surface area contributed by atoms with E-state index in [2.05, 4.69) is 47.4 Å². The Balaban J connectivity index is 1.47. The molecular formula is C21H21FN2O. The number of hydrogen-bond acceptors (Lipinski definition) is 1. The van der Waals surface area contributed by atoms with Crippen molar-refractivity contribution >= 4 is 16.8 Å². The highest BCUT2D eigenvalue weighted by Crippen LogP contribution is 2.50. The molecule has 1 aliphatic rings. The highest BCUT2D eigenvalue weighted by atomic mass is 19.1. The normalized spacial score (nSPS) is 15.3. The van der Waals surface area contributed by atoms with Crippen LogP contribution in [0.1, 0.15) is 24.0 Å². The summed E-state index contributed by atoms with van der Waals surface area (Å²) in [5, 5.41) is 4.35. The number of carbonyl (C=O) groups excluding carboxylic acids is 1. The number of fused-ring (bicyclic) bond motifs is 1. The Morgan fingerprint density at radius 2 is 1.88 bits per heavy atom. The monoisotopic (exact) mass is 336 g/mol. The van der Waals surface area contributed by atoms with E-state index in [9.17, 15) is 9.18 Å². The van der Waals surface area contributed by atoms with Crippen LogP contribution in [0.5, 0.6) is 0 Å². The number of nitrogens with one attached hydrogen (secondary N) is 1. The number of aromatic nitrogens is 1. The van der Waals surface area contributed by atoms with Gasteiger partial charge < -0.3 is 9.88 Å². The summed E-state index contributed by atoms with van der Waals surface area (Å²) in [6, 6.07) is 14.5. The minimum Gasteiger partial charge on any atom is -0.355 e. The first-order valence-electron chi connectivity index (χ1n) is 8.63. The molecule has 1 heterocycles. The Hall–Kier alpha value is -2.62.